The van der Waals surface area contributed by atoms with Crippen molar-refractivity contribution in [3.63, 3.8) is 0 Å². The Morgan fingerprint density at radius 1 is 1.02 bits per heavy atom. The maximum absolute atomic E-state index is 14.2. The fourth-order valence-electron chi connectivity index (χ4n) is 8.08. The van der Waals surface area contributed by atoms with Crippen molar-refractivity contribution < 1.29 is 34.7 Å². The Balaban J connectivity index is 1.58. The predicted molar refractivity (Wildman–Crippen MR) is 191 cm³/mol. The minimum atomic E-state index is -1.19. The molecule has 0 spiro atoms. The summed E-state index contributed by atoms with van der Waals surface area (Å²) in [4.78, 5) is 16.2. The quantitative estimate of drug-likeness (QED) is 0.149. The number of nitrogens with zero attached hydrogens (tertiary/aromatic N) is 1. The second-order valence-corrected chi connectivity index (χ2v) is 14.3. The number of carbonyl (C=O) groups is 1. The van der Waals surface area contributed by atoms with Crippen LogP contribution in [-0.2, 0) is 13.0 Å². The fraction of sp³-hybridized carbons (Fsp3) is 0.488. The summed E-state index contributed by atoms with van der Waals surface area (Å²) in [5.74, 6) is 1.11. The van der Waals surface area contributed by atoms with Gasteiger partial charge in [0.15, 0.2) is 5.78 Å². The van der Waals surface area contributed by atoms with Gasteiger partial charge in [-0.3, -0.25) is 9.69 Å². The van der Waals surface area contributed by atoms with E-state index in [1.807, 2.05) is 65.6 Å². The number of hydrogen-bond acceptors (Lipinski definition) is 8. The van der Waals surface area contributed by atoms with Gasteiger partial charge in [0.25, 0.3) is 0 Å². The van der Waals surface area contributed by atoms with Crippen LogP contribution in [0.5, 0.6) is 11.5 Å². The van der Waals surface area contributed by atoms with Crippen LogP contribution in [0.2, 0.25) is 0 Å². The second-order valence-electron chi connectivity index (χ2n) is 14.3. The summed E-state index contributed by atoms with van der Waals surface area (Å²) in [6.45, 7) is 4.64. The molecule has 2 bridgehead atoms. The van der Waals surface area contributed by atoms with Gasteiger partial charge in [-0.2, -0.15) is 0 Å². The molecule has 264 valence electrons. The molecule has 0 aliphatic heterocycles. The summed E-state index contributed by atoms with van der Waals surface area (Å²) in [5.41, 5.74) is 3.31. The molecule has 0 unspecified atom stereocenters. The number of fused-ring (bicyclic) bond motifs is 8. The molecular weight excluding hydrogens is 618 g/mol. The molecule has 5 atom stereocenters. The summed E-state index contributed by atoms with van der Waals surface area (Å²) < 4.78 is 11.1. The number of carbonyl (C=O) groups excluding carboxylic acids is 1. The SMILES string of the molecule is COc1ccc(CN(C[C@H](O)CO)C[C@]2(O)CC[C@H]3c4ccc(cc4C(=O)c4ccccc4)C[C@@H](O)CCC(C)=CCC[C@@]32C)c(OC)c1. The minimum Gasteiger partial charge on any atom is -0.497 e. The van der Waals surface area contributed by atoms with E-state index in [-0.39, 0.29) is 24.8 Å². The summed E-state index contributed by atoms with van der Waals surface area (Å²) >= 11 is 0. The number of aliphatic hydroxyl groups excluding tert-OH is 3. The molecule has 1 saturated carbocycles. The lowest BCUT2D eigenvalue weighted by Gasteiger charge is -2.46. The molecule has 3 aromatic rings. The van der Waals surface area contributed by atoms with Crippen LogP contribution in [-0.4, -0.2) is 82.8 Å². The molecule has 3 aromatic carbocycles. The van der Waals surface area contributed by atoms with E-state index in [9.17, 15) is 25.2 Å². The van der Waals surface area contributed by atoms with E-state index in [1.54, 1.807) is 14.2 Å². The first kappa shape index (κ1) is 36.7. The Bertz CT molecular complexity index is 1610. The highest BCUT2D eigenvalue weighted by Crippen LogP contribution is 2.59. The minimum absolute atomic E-state index is 0.0631. The van der Waals surface area contributed by atoms with Gasteiger partial charge in [-0.05, 0) is 81.0 Å². The summed E-state index contributed by atoms with van der Waals surface area (Å²) in [7, 11) is 3.20. The zero-order valence-electron chi connectivity index (χ0n) is 29.4. The Labute approximate surface area is 291 Å². The first-order chi connectivity index (χ1) is 23.5. The fourth-order valence-corrected chi connectivity index (χ4v) is 8.08. The summed E-state index contributed by atoms with van der Waals surface area (Å²) in [6.07, 6.45) is 5.19. The normalized spacial score (nSPS) is 25.0. The monoisotopic (exact) mass is 671 g/mol. The Morgan fingerprint density at radius 2 is 1.80 bits per heavy atom. The van der Waals surface area contributed by atoms with Crippen LogP contribution >= 0.6 is 0 Å². The van der Waals surface area contributed by atoms with Gasteiger partial charge in [0, 0.05) is 47.8 Å². The number of benzene rings is 3. The van der Waals surface area contributed by atoms with Crippen molar-refractivity contribution in [2.45, 2.75) is 89.1 Å². The van der Waals surface area contributed by atoms with E-state index < -0.39 is 29.8 Å². The number of aliphatic hydroxyl groups is 4. The standard InChI is InChI=1S/C41H53NO7/c1-28-9-8-19-40(2)37(35-17-13-29(21-32(44)15-12-28)22-36(35)39(46)30-10-6-5-7-11-30)18-20-41(40,47)27-42(25-33(45)26-43)24-31-14-16-34(48-3)23-38(31)49-4/h5-7,9-11,13-14,16-17,22-23,32-33,37,43-45,47H,8,12,15,18-21,24-27H2,1-4H3/t32-,33-,37-,40-,41+/m0/s1. The molecule has 4 N–H and O–H groups in total. The molecule has 8 nitrogen and oxygen atoms in total. The van der Waals surface area contributed by atoms with Gasteiger partial charge in [-0.15, -0.1) is 0 Å². The van der Waals surface area contributed by atoms with Crippen molar-refractivity contribution in [2.24, 2.45) is 5.41 Å². The predicted octanol–water partition coefficient (Wildman–Crippen LogP) is 5.83. The largest absolute Gasteiger partial charge is 0.497 e. The molecule has 3 aliphatic rings. The third-order valence-electron chi connectivity index (χ3n) is 11.0. The molecule has 0 amide bonds. The highest BCUT2D eigenvalue weighted by atomic mass is 16.5. The molecule has 0 saturated heterocycles. The Hall–Kier alpha value is -3.53. The van der Waals surface area contributed by atoms with Gasteiger partial charge in [0.1, 0.15) is 11.5 Å². The van der Waals surface area contributed by atoms with Crippen LogP contribution in [0.1, 0.15) is 90.9 Å². The summed E-state index contributed by atoms with van der Waals surface area (Å²) in [6, 6.07) is 20.9. The van der Waals surface area contributed by atoms with Crippen molar-refractivity contribution in [3.8, 4) is 11.5 Å². The molecular formula is C41H53NO7. The van der Waals surface area contributed by atoms with Crippen LogP contribution in [0.15, 0.2) is 78.4 Å². The second kappa shape index (κ2) is 16.0. The molecule has 0 radical (unpaired) electrons. The van der Waals surface area contributed by atoms with E-state index >= 15 is 0 Å². The van der Waals surface area contributed by atoms with Crippen molar-refractivity contribution in [1.82, 2.24) is 4.90 Å². The van der Waals surface area contributed by atoms with E-state index in [0.717, 1.165) is 29.5 Å². The van der Waals surface area contributed by atoms with E-state index in [4.69, 9.17) is 9.47 Å². The zero-order valence-corrected chi connectivity index (χ0v) is 29.4. The molecule has 0 aromatic heterocycles. The number of allylic oxidation sites excluding steroid dienone is 2. The maximum atomic E-state index is 14.2. The van der Waals surface area contributed by atoms with E-state index in [0.29, 0.717) is 61.3 Å². The third-order valence-corrected chi connectivity index (χ3v) is 11.0. The molecule has 8 heteroatoms. The maximum Gasteiger partial charge on any atom is 0.193 e. The van der Waals surface area contributed by atoms with Gasteiger partial charge in [0.05, 0.1) is 38.6 Å². The van der Waals surface area contributed by atoms with Gasteiger partial charge in [0.2, 0.25) is 0 Å². The van der Waals surface area contributed by atoms with Crippen LogP contribution in [0.4, 0.5) is 0 Å². The van der Waals surface area contributed by atoms with Crippen molar-refractivity contribution in [3.05, 3.63) is 106 Å². The molecule has 3 aliphatic carbocycles. The van der Waals surface area contributed by atoms with Gasteiger partial charge in [-0.1, -0.05) is 67.1 Å². The first-order valence-corrected chi connectivity index (χ1v) is 17.5. The highest BCUT2D eigenvalue weighted by Gasteiger charge is 2.57. The number of ether oxygens (including phenoxy) is 2. The van der Waals surface area contributed by atoms with Crippen LogP contribution in [0.3, 0.4) is 0 Å². The average molecular weight is 672 g/mol. The van der Waals surface area contributed by atoms with Crippen LogP contribution in [0.25, 0.3) is 0 Å². The molecule has 49 heavy (non-hydrogen) atoms. The van der Waals surface area contributed by atoms with E-state index in [1.165, 1.54) is 5.57 Å². The highest BCUT2D eigenvalue weighted by molar-refractivity contribution is 6.10. The number of hydrogen-bond donors (Lipinski definition) is 4. The van der Waals surface area contributed by atoms with Gasteiger partial charge < -0.3 is 29.9 Å². The van der Waals surface area contributed by atoms with Crippen molar-refractivity contribution in [2.75, 3.05) is 33.9 Å². The van der Waals surface area contributed by atoms with Gasteiger partial charge >= 0.3 is 0 Å². The van der Waals surface area contributed by atoms with Crippen LogP contribution in [0, 0.1) is 5.41 Å². The van der Waals surface area contributed by atoms with Crippen molar-refractivity contribution in [1.29, 1.82) is 0 Å². The number of rotatable bonds is 11. The zero-order chi connectivity index (χ0) is 35.2. The topological polar surface area (TPSA) is 120 Å². The molecule has 1 fully saturated rings. The Morgan fingerprint density at radius 3 is 2.51 bits per heavy atom. The smallest absolute Gasteiger partial charge is 0.193 e. The average Bonchev–Trinajstić information content (AvgIpc) is 3.35. The molecule has 6 rings (SSSR count). The third kappa shape index (κ3) is 8.27. The van der Waals surface area contributed by atoms with Gasteiger partial charge in [-0.25, -0.2) is 0 Å². The van der Waals surface area contributed by atoms with Crippen LogP contribution < -0.4 is 9.47 Å². The number of methoxy groups -OCH3 is 2. The molecule has 0 heterocycles. The van der Waals surface area contributed by atoms with Crippen molar-refractivity contribution >= 4 is 5.78 Å². The summed E-state index contributed by atoms with van der Waals surface area (Å²) in [5, 5.41) is 44.3. The number of ketones is 1. The Kier molecular flexibility index (Phi) is 12.0. The lowest BCUT2D eigenvalue weighted by Crippen LogP contribution is -2.53. The lowest BCUT2D eigenvalue weighted by atomic mass is 9.64. The first-order valence-electron chi connectivity index (χ1n) is 17.5. The van der Waals surface area contributed by atoms with E-state index in [2.05, 4.69) is 26.0 Å². The lowest BCUT2D eigenvalue weighted by molar-refractivity contribution is -0.0908.